The largest absolute Gasteiger partial charge is 0.383 e. The number of anilines is 1. The van der Waals surface area contributed by atoms with Crippen molar-refractivity contribution in [3.63, 3.8) is 0 Å². The first-order valence-electron chi connectivity index (χ1n) is 7.93. The minimum Gasteiger partial charge on any atom is -0.383 e. The second-order valence-corrected chi connectivity index (χ2v) is 7.12. The lowest BCUT2D eigenvalue weighted by Gasteiger charge is -2.19. The van der Waals surface area contributed by atoms with Gasteiger partial charge in [-0.05, 0) is 57.4 Å². The molecule has 0 amide bonds. The van der Waals surface area contributed by atoms with Gasteiger partial charge in [-0.15, -0.1) is 0 Å². The van der Waals surface area contributed by atoms with Crippen LogP contribution in [-0.4, -0.2) is 19.7 Å². The Morgan fingerprint density at radius 2 is 1.83 bits per heavy atom. The van der Waals surface area contributed by atoms with Crippen LogP contribution in [0, 0.1) is 19.7 Å². The molecule has 1 aromatic carbocycles. The van der Waals surface area contributed by atoms with Crippen LogP contribution < -0.4 is 5.73 Å². The number of aromatic nitrogens is 4. The van der Waals surface area contributed by atoms with E-state index in [4.69, 9.17) is 10.8 Å². The van der Waals surface area contributed by atoms with Gasteiger partial charge in [-0.3, -0.25) is 0 Å². The van der Waals surface area contributed by atoms with Crippen LogP contribution in [0.15, 0.2) is 18.5 Å². The molecule has 0 aliphatic rings. The van der Waals surface area contributed by atoms with E-state index in [9.17, 15) is 4.39 Å². The number of rotatable bonds is 2. The second-order valence-electron chi connectivity index (χ2n) is 7.12. The van der Waals surface area contributed by atoms with Gasteiger partial charge in [-0.25, -0.2) is 19.0 Å². The van der Waals surface area contributed by atoms with Crippen LogP contribution in [0.4, 0.5) is 10.2 Å². The quantitative estimate of drug-likeness (QED) is 0.782. The molecule has 0 atom stereocenters. The second kappa shape index (κ2) is 5.54. The first kappa shape index (κ1) is 16.4. The standard InChI is InChI=1S/C18H22FN5/c1-10-11(2)13(19)7-6-12(10)8-14-15-16(20)21-9-22-17(15)24(23-14)18(3,4)5/h6-7,9H,8H2,1-5H3,(H2,20,21,22). The first-order valence-corrected chi connectivity index (χ1v) is 7.93. The van der Waals surface area contributed by atoms with Crippen molar-refractivity contribution in [2.24, 2.45) is 0 Å². The summed E-state index contributed by atoms with van der Waals surface area (Å²) in [6, 6.07) is 3.31. The van der Waals surface area contributed by atoms with Crippen molar-refractivity contribution in [3.05, 3.63) is 46.7 Å². The zero-order chi connectivity index (χ0) is 17.6. The summed E-state index contributed by atoms with van der Waals surface area (Å²) in [5, 5.41) is 5.52. The summed E-state index contributed by atoms with van der Waals surface area (Å²) in [6.45, 7) is 9.91. The zero-order valence-corrected chi connectivity index (χ0v) is 14.7. The molecule has 0 radical (unpaired) electrons. The Labute approximate surface area is 140 Å². The Morgan fingerprint density at radius 1 is 1.12 bits per heavy atom. The molecule has 24 heavy (non-hydrogen) atoms. The average molecular weight is 327 g/mol. The molecule has 2 aromatic heterocycles. The number of halogens is 1. The Hall–Kier alpha value is -2.50. The minimum atomic E-state index is -0.231. The summed E-state index contributed by atoms with van der Waals surface area (Å²) < 4.78 is 15.6. The summed E-state index contributed by atoms with van der Waals surface area (Å²) in [5.41, 5.74) is 10.0. The molecule has 0 saturated carbocycles. The molecule has 126 valence electrons. The molecule has 0 spiro atoms. The fourth-order valence-corrected chi connectivity index (χ4v) is 2.85. The molecule has 0 fully saturated rings. The lowest BCUT2D eigenvalue weighted by atomic mass is 9.98. The fourth-order valence-electron chi connectivity index (χ4n) is 2.85. The van der Waals surface area contributed by atoms with Gasteiger partial charge in [0.25, 0.3) is 0 Å². The molecule has 0 bridgehead atoms. The third-order valence-electron chi connectivity index (χ3n) is 4.39. The topological polar surface area (TPSA) is 69.6 Å². The summed E-state index contributed by atoms with van der Waals surface area (Å²) in [6.07, 6.45) is 2.02. The van der Waals surface area contributed by atoms with Crippen molar-refractivity contribution in [2.75, 3.05) is 5.73 Å². The summed E-state index contributed by atoms with van der Waals surface area (Å²) in [7, 11) is 0. The van der Waals surface area contributed by atoms with Gasteiger partial charge in [0.2, 0.25) is 0 Å². The van der Waals surface area contributed by atoms with Gasteiger partial charge in [0.1, 0.15) is 18.0 Å². The highest BCUT2D eigenvalue weighted by Crippen LogP contribution is 2.29. The van der Waals surface area contributed by atoms with Gasteiger partial charge in [-0.2, -0.15) is 5.10 Å². The normalized spacial score (nSPS) is 12.1. The van der Waals surface area contributed by atoms with Crippen molar-refractivity contribution < 1.29 is 4.39 Å². The number of hydrogen-bond donors (Lipinski definition) is 1. The van der Waals surface area contributed by atoms with E-state index >= 15 is 0 Å². The molecular weight excluding hydrogens is 305 g/mol. The third kappa shape index (κ3) is 2.62. The number of nitrogens with two attached hydrogens (primary N) is 1. The number of fused-ring (bicyclic) bond motifs is 1. The van der Waals surface area contributed by atoms with Crippen molar-refractivity contribution >= 4 is 16.9 Å². The van der Waals surface area contributed by atoms with Crippen molar-refractivity contribution in [2.45, 2.75) is 46.6 Å². The molecule has 0 aliphatic heterocycles. The Bertz CT molecular complexity index is 921. The molecule has 5 nitrogen and oxygen atoms in total. The lowest BCUT2D eigenvalue weighted by molar-refractivity contribution is 0.363. The van der Waals surface area contributed by atoms with E-state index in [1.54, 1.807) is 13.0 Å². The lowest BCUT2D eigenvalue weighted by Crippen LogP contribution is -2.23. The molecule has 3 aromatic rings. The van der Waals surface area contributed by atoms with E-state index < -0.39 is 0 Å². The van der Waals surface area contributed by atoms with E-state index in [2.05, 4.69) is 30.7 Å². The highest BCUT2D eigenvalue weighted by molar-refractivity contribution is 5.88. The first-order chi connectivity index (χ1) is 11.2. The van der Waals surface area contributed by atoms with E-state index in [1.807, 2.05) is 11.6 Å². The molecule has 6 heteroatoms. The molecular formula is C18H22FN5. The van der Waals surface area contributed by atoms with Crippen LogP contribution in [0.25, 0.3) is 11.0 Å². The minimum absolute atomic E-state index is 0.191. The maximum absolute atomic E-state index is 13.7. The highest BCUT2D eigenvalue weighted by atomic mass is 19.1. The van der Waals surface area contributed by atoms with Gasteiger partial charge >= 0.3 is 0 Å². The molecule has 2 N–H and O–H groups in total. The Kier molecular flexibility index (Phi) is 3.78. The summed E-state index contributed by atoms with van der Waals surface area (Å²) >= 11 is 0. The van der Waals surface area contributed by atoms with Gasteiger partial charge in [0.15, 0.2) is 5.65 Å². The van der Waals surface area contributed by atoms with Crippen LogP contribution in [0.3, 0.4) is 0 Å². The van der Waals surface area contributed by atoms with E-state index in [0.717, 1.165) is 27.9 Å². The van der Waals surface area contributed by atoms with Crippen LogP contribution in [0.2, 0.25) is 0 Å². The molecule has 0 aliphatic carbocycles. The number of hydrogen-bond acceptors (Lipinski definition) is 4. The van der Waals surface area contributed by atoms with Crippen LogP contribution >= 0.6 is 0 Å². The molecule has 0 unspecified atom stereocenters. The number of nitrogens with zero attached hydrogens (tertiary/aromatic N) is 4. The van der Waals surface area contributed by atoms with Gasteiger partial charge in [0, 0.05) is 6.42 Å². The predicted octanol–water partition coefficient (Wildman–Crippen LogP) is 3.51. The van der Waals surface area contributed by atoms with Crippen molar-refractivity contribution in [3.8, 4) is 0 Å². The van der Waals surface area contributed by atoms with E-state index in [1.165, 1.54) is 12.4 Å². The highest BCUT2D eigenvalue weighted by Gasteiger charge is 2.23. The number of benzene rings is 1. The zero-order valence-electron chi connectivity index (χ0n) is 14.7. The fraction of sp³-hybridized carbons (Fsp3) is 0.389. The SMILES string of the molecule is Cc1c(F)ccc(Cc2nn(C(C)(C)C)c3ncnc(N)c23)c1C. The maximum Gasteiger partial charge on any atom is 0.164 e. The van der Waals surface area contributed by atoms with E-state index in [0.29, 0.717) is 17.8 Å². The molecule has 2 heterocycles. The Morgan fingerprint density at radius 3 is 2.50 bits per heavy atom. The van der Waals surface area contributed by atoms with Gasteiger partial charge < -0.3 is 5.73 Å². The molecule has 3 rings (SSSR count). The smallest absolute Gasteiger partial charge is 0.164 e. The summed E-state index contributed by atoms with van der Waals surface area (Å²) in [5.74, 6) is 0.228. The third-order valence-corrected chi connectivity index (χ3v) is 4.39. The monoisotopic (exact) mass is 327 g/mol. The number of nitrogen functional groups attached to an aromatic ring is 1. The maximum atomic E-state index is 13.7. The van der Waals surface area contributed by atoms with Crippen molar-refractivity contribution in [1.29, 1.82) is 0 Å². The Balaban J connectivity index is 2.19. The van der Waals surface area contributed by atoms with Gasteiger partial charge in [-0.1, -0.05) is 6.07 Å². The van der Waals surface area contributed by atoms with Crippen molar-refractivity contribution in [1.82, 2.24) is 19.7 Å². The van der Waals surface area contributed by atoms with Gasteiger partial charge in [0.05, 0.1) is 16.6 Å². The average Bonchev–Trinajstić information content (AvgIpc) is 2.88. The summed E-state index contributed by atoms with van der Waals surface area (Å²) in [4.78, 5) is 8.49. The predicted molar refractivity (Wildman–Crippen MR) is 93.4 cm³/mol. The van der Waals surface area contributed by atoms with Crippen LogP contribution in [0.1, 0.15) is 43.2 Å². The van der Waals surface area contributed by atoms with Crippen LogP contribution in [-0.2, 0) is 12.0 Å². The van der Waals surface area contributed by atoms with E-state index in [-0.39, 0.29) is 11.4 Å². The molecule has 0 saturated heterocycles. The van der Waals surface area contributed by atoms with Crippen LogP contribution in [0.5, 0.6) is 0 Å².